The molecular formula is C15H29N3O7. The number of amides is 2. The minimum Gasteiger partial charge on any atom is -0.480 e. The molecule has 10 nitrogen and oxygen atoms in total. The zero-order valence-electron chi connectivity index (χ0n) is 14.8. The van der Waals surface area contributed by atoms with Gasteiger partial charge in [-0.3, -0.25) is 14.4 Å². The third-order valence-electron chi connectivity index (χ3n) is 2.98. The van der Waals surface area contributed by atoms with Crippen LogP contribution in [0.4, 0.5) is 0 Å². The van der Waals surface area contributed by atoms with Crippen LogP contribution in [0.15, 0.2) is 0 Å². The normalized spacial score (nSPS) is 13.1. The van der Waals surface area contributed by atoms with Gasteiger partial charge in [-0.2, -0.15) is 0 Å². The third-order valence-corrected chi connectivity index (χ3v) is 2.98. The highest BCUT2D eigenvalue weighted by Crippen LogP contribution is 1.90. The molecule has 0 heterocycles. The Kier molecular flexibility index (Phi) is 13.6. The van der Waals surface area contributed by atoms with Gasteiger partial charge in [0.1, 0.15) is 12.1 Å². The molecule has 0 aromatic carbocycles. The lowest BCUT2D eigenvalue weighted by molar-refractivity contribution is -0.141. The van der Waals surface area contributed by atoms with Gasteiger partial charge < -0.3 is 35.7 Å². The molecule has 0 bridgehead atoms. The minimum atomic E-state index is -1.14. The lowest BCUT2D eigenvalue weighted by atomic mass is 10.2. The summed E-state index contributed by atoms with van der Waals surface area (Å²) in [6.07, 6.45) is 0.0890. The number of carbonyl (C=O) groups is 3. The van der Waals surface area contributed by atoms with E-state index in [0.29, 0.717) is 39.6 Å². The average molecular weight is 363 g/mol. The van der Waals surface area contributed by atoms with Crippen molar-refractivity contribution in [2.45, 2.75) is 32.4 Å². The number of nitrogens with two attached hydrogens (primary N) is 1. The summed E-state index contributed by atoms with van der Waals surface area (Å²) >= 11 is 0. The summed E-state index contributed by atoms with van der Waals surface area (Å²) in [7, 11) is 0. The van der Waals surface area contributed by atoms with Gasteiger partial charge in [0.05, 0.1) is 39.6 Å². The maximum Gasteiger partial charge on any atom is 0.325 e. The molecule has 0 fully saturated rings. The van der Waals surface area contributed by atoms with Gasteiger partial charge in [0.25, 0.3) is 0 Å². The molecule has 0 spiro atoms. The van der Waals surface area contributed by atoms with Crippen LogP contribution in [-0.2, 0) is 28.6 Å². The Morgan fingerprint density at radius 2 is 1.40 bits per heavy atom. The van der Waals surface area contributed by atoms with Crippen LogP contribution in [0, 0.1) is 0 Å². The zero-order chi connectivity index (χ0) is 19.1. The lowest BCUT2D eigenvalue weighted by Gasteiger charge is -2.16. The van der Waals surface area contributed by atoms with E-state index in [0.717, 1.165) is 0 Å². The van der Waals surface area contributed by atoms with E-state index >= 15 is 0 Å². The number of carboxylic acids is 1. The molecular weight excluding hydrogens is 334 g/mol. The highest BCUT2D eigenvalue weighted by Gasteiger charge is 2.20. The van der Waals surface area contributed by atoms with Gasteiger partial charge in [-0.05, 0) is 13.8 Å². The number of carboxylic acid groups (broad SMARTS) is 1. The van der Waals surface area contributed by atoms with Gasteiger partial charge in [-0.25, -0.2) is 0 Å². The molecule has 5 N–H and O–H groups in total. The number of hydrogen-bond donors (Lipinski definition) is 4. The summed E-state index contributed by atoms with van der Waals surface area (Å²) in [5.74, 6) is -2.07. The fourth-order valence-electron chi connectivity index (χ4n) is 1.57. The van der Waals surface area contributed by atoms with E-state index in [2.05, 4.69) is 10.6 Å². The first kappa shape index (κ1) is 23.2. The van der Waals surface area contributed by atoms with Crippen molar-refractivity contribution in [3.63, 3.8) is 0 Å². The fourth-order valence-corrected chi connectivity index (χ4v) is 1.57. The van der Waals surface area contributed by atoms with Crippen LogP contribution in [0.5, 0.6) is 0 Å². The van der Waals surface area contributed by atoms with Crippen molar-refractivity contribution < 1.29 is 33.7 Å². The first-order chi connectivity index (χ1) is 11.9. The number of aliphatic carboxylic acids is 1. The van der Waals surface area contributed by atoms with Crippen molar-refractivity contribution >= 4 is 17.8 Å². The van der Waals surface area contributed by atoms with E-state index < -0.39 is 24.0 Å². The van der Waals surface area contributed by atoms with E-state index in [1.807, 2.05) is 0 Å². The van der Waals surface area contributed by atoms with Crippen molar-refractivity contribution in [2.24, 2.45) is 5.73 Å². The van der Waals surface area contributed by atoms with Gasteiger partial charge in [-0.1, -0.05) is 0 Å². The summed E-state index contributed by atoms with van der Waals surface area (Å²) in [5, 5.41) is 13.5. The zero-order valence-corrected chi connectivity index (χ0v) is 14.8. The summed E-state index contributed by atoms with van der Waals surface area (Å²) in [6.45, 7) is 5.64. The van der Waals surface area contributed by atoms with Crippen LogP contribution < -0.4 is 16.4 Å². The van der Waals surface area contributed by atoms with Crippen LogP contribution >= 0.6 is 0 Å². The van der Waals surface area contributed by atoms with E-state index in [1.165, 1.54) is 13.8 Å². The summed E-state index contributed by atoms with van der Waals surface area (Å²) in [6, 6.07) is -1.85. The SMILES string of the molecule is CC(NC(=O)C(C)NC(=O)CCOCCOCCOCCN)C(=O)O. The van der Waals surface area contributed by atoms with Gasteiger partial charge in [0, 0.05) is 13.0 Å². The van der Waals surface area contributed by atoms with Crippen LogP contribution in [0.3, 0.4) is 0 Å². The molecule has 0 aliphatic heterocycles. The molecule has 2 atom stereocenters. The first-order valence-corrected chi connectivity index (χ1v) is 8.14. The second-order valence-corrected chi connectivity index (χ2v) is 5.23. The standard InChI is InChI=1S/C15H29N3O7/c1-11(14(20)18-12(2)15(21)22)17-13(19)3-5-23-7-9-25-10-8-24-6-4-16/h11-12H,3-10,16H2,1-2H3,(H,17,19)(H,18,20)(H,21,22). The number of carbonyl (C=O) groups excluding carboxylic acids is 2. The predicted molar refractivity (Wildman–Crippen MR) is 89.0 cm³/mol. The van der Waals surface area contributed by atoms with Crippen molar-refractivity contribution in [1.29, 1.82) is 0 Å². The van der Waals surface area contributed by atoms with Crippen molar-refractivity contribution in [3.8, 4) is 0 Å². The molecule has 0 saturated carbocycles. The van der Waals surface area contributed by atoms with Gasteiger partial charge in [0.2, 0.25) is 11.8 Å². The molecule has 0 radical (unpaired) electrons. The number of nitrogens with one attached hydrogen (secondary N) is 2. The molecule has 0 rings (SSSR count). The Morgan fingerprint density at radius 3 is 1.92 bits per heavy atom. The first-order valence-electron chi connectivity index (χ1n) is 8.14. The molecule has 0 aliphatic carbocycles. The molecule has 10 heteroatoms. The molecule has 0 saturated heterocycles. The third kappa shape index (κ3) is 13.2. The maximum absolute atomic E-state index is 11.7. The topological polar surface area (TPSA) is 149 Å². The largest absolute Gasteiger partial charge is 0.480 e. The fraction of sp³-hybridized carbons (Fsp3) is 0.800. The predicted octanol–water partition coefficient (Wildman–Crippen LogP) is -1.52. The summed E-state index contributed by atoms with van der Waals surface area (Å²) < 4.78 is 15.6. The molecule has 2 amide bonds. The Morgan fingerprint density at radius 1 is 0.880 bits per heavy atom. The monoisotopic (exact) mass is 363 g/mol. The van der Waals surface area contributed by atoms with Crippen LogP contribution in [-0.4, -0.2) is 81.2 Å². The Balaban J connectivity index is 3.63. The van der Waals surface area contributed by atoms with Gasteiger partial charge >= 0.3 is 5.97 Å². The van der Waals surface area contributed by atoms with Crippen LogP contribution in [0.1, 0.15) is 20.3 Å². The average Bonchev–Trinajstić information content (AvgIpc) is 2.56. The Labute approximate surface area is 147 Å². The Bertz CT molecular complexity index is 407. The van der Waals surface area contributed by atoms with Gasteiger partial charge in [-0.15, -0.1) is 0 Å². The molecule has 25 heavy (non-hydrogen) atoms. The summed E-state index contributed by atoms with van der Waals surface area (Å²) in [5.41, 5.74) is 5.26. The Hall–Kier alpha value is -1.75. The van der Waals surface area contributed by atoms with Crippen LogP contribution in [0.25, 0.3) is 0 Å². The summed E-state index contributed by atoms with van der Waals surface area (Å²) in [4.78, 5) is 34.0. The van der Waals surface area contributed by atoms with Crippen molar-refractivity contribution in [2.75, 3.05) is 46.2 Å². The van der Waals surface area contributed by atoms with Gasteiger partial charge in [0.15, 0.2) is 0 Å². The van der Waals surface area contributed by atoms with E-state index in [-0.39, 0.29) is 18.9 Å². The molecule has 0 aliphatic rings. The lowest BCUT2D eigenvalue weighted by Crippen LogP contribution is -2.49. The second-order valence-electron chi connectivity index (χ2n) is 5.23. The van der Waals surface area contributed by atoms with E-state index in [4.69, 9.17) is 25.1 Å². The number of ether oxygens (including phenoxy) is 3. The number of hydrogen-bond acceptors (Lipinski definition) is 7. The second kappa shape index (κ2) is 14.6. The smallest absolute Gasteiger partial charge is 0.325 e. The maximum atomic E-state index is 11.7. The highest BCUT2D eigenvalue weighted by molar-refractivity contribution is 5.89. The van der Waals surface area contributed by atoms with Crippen molar-refractivity contribution in [3.05, 3.63) is 0 Å². The quantitative estimate of drug-likeness (QED) is 0.256. The number of rotatable bonds is 15. The molecule has 2 unspecified atom stereocenters. The molecule has 146 valence electrons. The molecule has 0 aromatic rings. The van der Waals surface area contributed by atoms with E-state index in [1.54, 1.807) is 0 Å². The van der Waals surface area contributed by atoms with E-state index in [9.17, 15) is 14.4 Å². The highest BCUT2D eigenvalue weighted by atomic mass is 16.5. The van der Waals surface area contributed by atoms with Crippen LogP contribution in [0.2, 0.25) is 0 Å². The van der Waals surface area contributed by atoms with Crippen molar-refractivity contribution in [1.82, 2.24) is 10.6 Å². The molecule has 0 aromatic heterocycles. The minimum absolute atomic E-state index is 0.0890.